The van der Waals surface area contributed by atoms with Crippen LogP contribution >= 0.6 is 0 Å². The molecule has 10 nitrogen and oxygen atoms in total. The van der Waals surface area contributed by atoms with Crippen LogP contribution in [0.3, 0.4) is 0 Å². The van der Waals surface area contributed by atoms with Gasteiger partial charge in [-0.15, -0.1) is 0 Å². The van der Waals surface area contributed by atoms with E-state index in [0.29, 0.717) is 12.3 Å². The van der Waals surface area contributed by atoms with Crippen LogP contribution in [0.15, 0.2) is 83.1 Å². The molecule has 41 heavy (non-hydrogen) atoms. The van der Waals surface area contributed by atoms with E-state index < -0.39 is 20.2 Å². The standard InChI is InChI=1S/2C7H8O3S.2C6H12N2.3Pd/c2*1-6-2-4-7(5-3-6)11(8,9)10;2*1-3-6-7-4-5-8(6)2;;;/h2*2-5H,1H3,(H,8,9,10);2*4-7H,3H2,1-2H3;;;. The molecule has 0 radical (unpaired) electrons. The van der Waals surface area contributed by atoms with Gasteiger partial charge in [-0.05, 0) is 51.0 Å². The molecule has 4 N–H and O–H groups in total. The Morgan fingerprint density at radius 2 is 0.902 bits per heavy atom. The molecule has 0 saturated heterocycles. The van der Waals surface area contributed by atoms with E-state index in [9.17, 15) is 16.8 Å². The summed E-state index contributed by atoms with van der Waals surface area (Å²) in [4.78, 5) is 4.20. The minimum Gasteiger partial charge on any atom is -0.370 e. The van der Waals surface area contributed by atoms with Crippen molar-refractivity contribution >= 4 is 20.2 Å². The second kappa shape index (κ2) is 21.6. The maximum atomic E-state index is 10.5. The summed E-state index contributed by atoms with van der Waals surface area (Å²) < 4.78 is 59.1. The quantitative estimate of drug-likeness (QED) is 0.264. The Morgan fingerprint density at radius 3 is 1.05 bits per heavy atom. The van der Waals surface area contributed by atoms with E-state index in [2.05, 4.69) is 48.4 Å². The van der Waals surface area contributed by atoms with Gasteiger partial charge < -0.3 is 20.4 Å². The topological polar surface area (TPSA) is 139 Å². The van der Waals surface area contributed by atoms with Crippen molar-refractivity contribution in [3.8, 4) is 0 Å². The summed E-state index contributed by atoms with van der Waals surface area (Å²) in [7, 11) is -3.89. The minimum atomic E-state index is -4.02. The van der Waals surface area contributed by atoms with Crippen LogP contribution in [0.4, 0.5) is 0 Å². The van der Waals surface area contributed by atoms with Crippen molar-refractivity contribution < 1.29 is 87.2 Å². The summed E-state index contributed by atoms with van der Waals surface area (Å²) in [6, 6.07) is 12.0. The first-order valence-electron chi connectivity index (χ1n) is 12.1. The maximum Gasteiger partial charge on any atom is 0.294 e. The maximum absolute atomic E-state index is 10.5. The molecule has 2 aliphatic rings. The largest absolute Gasteiger partial charge is 0.370 e. The molecule has 2 atom stereocenters. The summed E-state index contributed by atoms with van der Waals surface area (Å²) in [5, 5.41) is 6.40. The monoisotopic (exact) mass is 886 g/mol. The van der Waals surface area contributed by atoms with Gasteiger partial charge in [-0.25, -0.2) is 0 Å². The van der Waals surface area contributed by atoms with Crippen molar-refractivity contribution in [2.45, 2.75) is 62.7 Å². The molecule has 15 heteroatoms. The predicted octanol–water partition coefficient (Wildman–Crippen LogP) is 3.93. The Morgan fingerprint density at radius 1 is 0.634 bits per heavy atom. The first kappa shape index (κ1) is 44.4. The van der Waals surface area contributed by atoms with Crippen LogP contribution < -0.4 is 10.6 Å². The molecule has 2 heterocycles. The van der Waals surface area contributed by atoms with Crippen LogP contribution in [0.25, 0.3) is 0 Å². The van der Waals surface area contributed by atoms with Crippen molar-refractivity contribution in [1.82, 2.24) is 20.4 Å². The molecule has 2 aromatic rings. The average molecular weight is 888 g/mol. The van der Waals surface area contributed by atoms with E-state index >= 15 is 0 Å². The second-order valence-corrected chi connectivity index (χ2v) is 11.6. The zero-order chi connectivity index (χ0) is 28.9. The molecule has 0 aliphatic carbocycles. The van der Waals surface area contributed by atoms with Crippen molar-refractivity contribution in [2.24, 2.45) is 0 Å². The summed E-state index contributed by atoms with van der Waals surface area (Å²) in [6.45, 7) is 8.02. The van der Waals surface area contributed by atoms with E-state index in [1.54, 1.807) is 24.3 Å². The van der Waals surface area contributed by atoms with Gasteiger partial charge in [-0.1, -0.05) is 49.2 Å². The van der Waals surface area contributed by atoms with Gasteiger partial charge in [0.25, 0.3) is 20.2 Å². The Labute approximate surface area is 286 Å². The fourth-order valence-corrected chi connectivity index (χ4v) is 4.18. The molecule has 0 amide bonds. The van der Waals surface area contributed by atoms with Crippen molar-refractivity contribution in [2.75, 3.05) is 14.1 Å². The summed E-state index contributed by atoms with van der Waals surface area (Å²) >= 11 is 0. The van der Waals surface area contributed by atoms with Gasteiger partial charge in [-0.2, -0.15) is 16.8 Å². The second-order valence-electron chi connectivity index (χ2n) is 8.72. The number of benzene rings is 2. The predicted molar refractivity (Wildman–Crippen MR) is 150 cm³/mol. The molecule has 2 aliphatic heterocycles. The van der Waals surface area contributed by atoms with Crippen LogP contribution in [0.5, 0.6) is 0 Å². The molecule has 0 bridgehead atoms. The van der Waals surface area contributed by atoms with Gasteiger partial charge in [0.2, 0.25) is 0 Å². The van der Waals surface area contributed by atoms with E-state index in [1.807, 2.05) is 38.6 Å². The molecular weight excluding hydrogens is 848 g/mol. The Balaban J connectivity index is -0.000000463. The molecule has 0 spiro atoms. The molecule has 2 unspecified atom stereocenters. The smallest absolute Gasteiger partial charge is 0.294 e. The van der Waals surface area contributed by atoms with Crippen molar-refractivity contribution in [3.05, 3.63) is 84.5 Å². The van der Waals surface area contributed by atoms with Gasteiger partial charge in [0.1, 0.15) is 0 Å². The van der Waals surface area contributed by atoms with Crippen LogP contribution in [0, 0.1) is 13.8 Å². The average Bonchev–Trinajstić information content (AvgIpc) is 3.46. The minimum absolute atomic E-state index is 0. The van der Waals surface area contributed by atoms with Gasteiger partial charge >= 0.3 is 0 Å². The van der Waals surface area contributed by atoms with Crippen molar-refractivity contribution in [3.63, 3.8) is 0 Å². The first-order valence-corrected chi connectivity index (χ1v) is 14.9. The third-order valence-corrected chi connectivity index (χ3v) is 7.33. The Bertz CT molecular complexity index is 1160. The number of hydrogen-bond donors (Lipinski definition) is 4. The fourth-order valence-electron chi connectivity index (χ4n) is 3.22. The molecule has 0 fully saturated rings. The van der Waals surface area contributed by atoms with Crippen molar-refractivity contribution in [1.29, 1.82) is 0 Å². The van der Waals surface area contributed by atoms with Gasteiger partial charge in [-0.3, -0.25) is 9.11 Å². The first-order chi connectivity index (χ1) is 17.7. The van der Waals surface area contributed by atoms with E-state index in [4.69, 9.17) is 9.11 Å². The van der Waals surface area contributed by atoms with Crippen LogP contribution in [-0.2, 0) is 81.5 Å². The normalized spacial score (nSPS) is 16.4. The molecule has 2 aromatic carbocycles. The molecule has 0 aromatic heterocycles. The zero-order valence-corrected chi connectivity index (χ0v) is 30.0. The Kier molecular flexibility index (Phi) is 23.4. The van der Waals surface area contributed by atoms with Crippen LogP contribution in [0.2, 0.25) is 0 Å². The van der Waals surface area contributed by atoms with E-state index in [1.165, 1.54) is 24.3 Å². The van der Waals surface area contributed by atoms with Gasteiger partial charge in [0.05, 0.1) is 22.1 Å². The molecular formula is C26H40N4O6Pd3S2. The van der Waals surface area contributed by atoms with Gasteiger partial charge in [0, 0.05) is 100 Å². The van der Waals surface area contributed by atoms with Crippen LogP contribution in [0.1, 0.15) is 37.8 Å². The van der Waals surface area contributed by atoms with E-state index in [0.717, 1.165) is 24.0 Å². The fraction of sp³-hybridized carbons (Fsp3) is 0.385. The SMILES string of the molecule is CCC1NC=CN1C.CCC1NC=CN1C.Cc1ccc(S(=O)(=O)O)cc1.Cc1ccc(S(=O)(=O)O)cc1.[Pd].[Pd].[Pd]. The number of rotatable bonds is 4. The summed E-state index contributed by atoms with van der Waals surface area (Å²) in [5.41, 5.74) is 1.91. The number of nitrogens with one attached hydrogen (secondary N) is 2. The summed E-state index contributed by atoms with van der Waals surface area (Å²) in [5.74, 6) is 0. The third-order valence-electron chi connectivity index (χ3n) is 5.59. The van der Waals surface area contributed by atoms with Crippen LogP contribution in [-0.4, -0.2) is 62.2 Å². The van der Waals surface area contributed by atoms with Gasteiger partial charge in [0.15, 0.2) is 0 Å². The number of aryl methyl sites for hydroxylation is 2. The van der Waals surface area contributed by atoms with E-state index in [-0.39, 0.29) is 71.1 Å². The molecule has 242 valence electrons. The summed E-state index contributed by atoms with van der Waals surface area (Å²) in [6.07, 6.45) is 11.4. The third kappa shape index (κ3) is 17.6. The zero-order valence-electron chi connectivity index (χ0n) is 23.7. The number of hydrogen-bond acceptors (Lipinski definition) is 8. The Hall–Kier alpha value is -1.07. The molecule has 4 rings (SSSR count). The molecule has 0 saturated carbocycles. The number of nitrogens with zero attached hydrogens (tertiary/aromatic N) is 2.